The number of aliphatic carboxylic acids is 1. The normalized spacial score (nSPS) is 22.1. The molecule has 1 rings (SSSR count). The molecule has 1 heterocycles. The van der Waals surface area contributed by atoms with E-state index in [1.54, 1.807) is 13.8 Å². The highest BCUT2D eigenvalue weighted by molar-refractivity contribution is 5.84. The van der Waals surface area contributed by atoms with E-state index in [9.17, 15) is 9.59 Å². The summed E-state index contributed by atoms with van der Waals surface area (Å²) in [6, 6.07) is 0.245. The zero-order chi connectivity index (χ0) is 13.1. The Hall–Kier alpha value is -1.06. The number of nitrogens with zero attached hydrogens (tertiary/aromatic N) is 1. The molecule has 1 amide bonds. The zero-order valence-electron chi connectivity index (χ0n) is 11.0. The van der Waals surface area contributed by atoms with Crippen molar-refractivity contribution in [1.29, 1.82) is 0 Å². The molecule has 0 saturated carbocycles. The van der Waals surface area contributed by atoms with Crippen LogP contribution in [0.15, 0.2) is 0 Å². The van der Waals surface area contributed by atoms with Gasteiger partial charge in [-0.3, -0.25) is 9.59 Å². The van der Waals surface area contributed by atoms with Gasteiger partial charge in [0.15, 0.2) is 0 Å². The SMILES string of the molecule is CC1CCCCCN1C(=O)CC(C)(C)C(=O)O. The van der Waals surface area contributed by atoms with Gasteiger partial charge in [-0.15, -0.1) is 0 Å². The fraction of sp³-hybridized carbons (Fsp3) is 0.846. The van der Waals surface area contributed by atoms with Gasteiger partial charge in [-0.2, -0.15) is 0 Å². The van der Waals surface area contributed by atoms with Crippen LogP contribution < -0.4 is 0 Å². The topological polar surface area (TPSA) is 57.6 Å². The van der Waals surface area contributed by atoms with E-state index in [2.05, 4.69) is 6.92 Å². The van der Waals surface area contributed by atoms with Gasteiger partial charge in [-0.25, -0.2) is 0 Å². The van der Waals surface area contributed by atoms with Gasteiger partial charge in [0.25, 0.3) is 0 Å². The van der Waals surface area contributed by atoms with Crippen molar-refractivity contribution >= 4 is 11.9 Å². The second-order valence-electron chi connectivity index (χ2n) is 5.65. The standard InChI is InChI=1S/C13H23NO3/c1-10-7-5-4-6-8-14(10)11(15)9-13(2,3)12(16)17/h10H,4-9H2,1-3H3,(H,16,17). The third kappa shape index (κ3) is 3.72. The number of amides is 1. The predicted octanol–water partition coefficient (Wildman–Crippen LogP) is 2.28. The molecule has 1 saturated heterocycles. The first-order valence-electron chi connectivity index (χ1n) is 6.37. The molecule has 0 radical (unpaired) electrons. The molecule has 1 aliphatic heterocycles. The quantitative estimate of drug-likeness (QED) is 0.824. The van der Waals surface area contributed by atoms with Crippen LogP contribution in [-0.2, 0) is 9.59 Å². The van der Waals surface area contributed by atoms with E-state index in [0.29, 0.717) is 0 Å². The predicted molar refractivity (Wildman–Crippen MR) is 65.7 cm³/mol. The Morgan fingerprint density at radius 2 is 1.94 bits per heavy atom. The van der Waals surface area contributed by atoms with E-state index in [1.165, 1.54) is 0 Å². The van der Waals surface area contributed by atoms with E-state index in [0.717, 1.165) is 32.2 Å². The fourth-order valence-electron chi connectivity index (χ4n) is 2.20. The summed E-state index contributed by atoms with van der Waals surface area (Å²) in [5, 5.41) is 9.04. The third-order valence-corrected chi connectivity index (χ3v) is 3.55. The maximum atomic E-state index is 12.1. The zero-order valence-corrected chi connectivity index (χ0v) is 11.0. The summed E-state index contributed by atoms with van der Waals surface area (Å²) in [5.41, 5.74) is -0.969. The first-order valence-corrected chi connectivity index (χ1v) is 6.37. The summed E-state index contributed by atoms with van der Waals surface area (Å²) in [6.07, 6.45) is 4.47. The molecule has 17 heavy (non-hydrogen) atoms. The Bertz CT molecular complexity index is 299. The van der Waals surface area contributed by atoms with Crippen molar-refractivity contribution in [2.45, 2.75) is 58.9 Å². The Labute approximate surface area is 103 Å². The molecular formula is C13H23NO3. The molecule has 1 unspecified atom stereocenters. The molecule has 98 valence electrons. The average Bonchev–Trinajstić information content (AvgIpc) is 2.41. The van der Waals surface area contributed by atoms with Crippen LogP contribution in [0.1, 0.15) is 52.9 Å². The van der Waals surface area contributed by atoms with Gasteiger partial charge in [0.1, 0.15) is 0 Å². The van der Waals surface area contributed by atoms with Crippen molar-refractivity contribution in [2.24, 2.45) is 5.41 Å². The highest BCUT2D eigenvalue weighted by Crippen LogP contribution is 2.24. The fourth-order valence-corrected chi connectivity index (χ4v) is 2.20. The number of hydrogen-bond acceptors (Lipinski definition) is 2. The van der Waals surface area contributed by atoms with E-state index in [1.807, 2.05) is 4.90 Å². The van der Waals surface area contributed by atoms with Crippen LogP contribution in [0.4, 0.5) is 0 Å². The van der Waals surface area contributed by atoms with Crippen LogP contribution >= 0.6 is 0 Å². The van der Waals surface area contributed by atoms with Crippen LogP contribution in [0.2, 0.25) is 0 Å². The molecule has 0 bridgehead atoms. The summed E-state index contributed by atoms with van der Waals surface area (Å²) in [5.74, 6) is -0.930. The summed E-state index contributed by atoms with van der Waals surface area (Å²) < 4.78 is 0. The van der Waals surface area contributed by atoms with Crippen molar-refractivity contribution in [1.82, 2.24) is 4.90 Å². The highest BCUT2D eigenvalue weighted by Gasteiger charge is 2.33. The van der Waals surface area contributed by atoms with Crippen molar-refractivity contribution in [2.75, 3.05) is 6.54 Å². The van der Waals surface area contributed by atoms with E-state index in [4.69, 9.17) is 5.11 Å². The van der Waals surface area contributed by atoms with Gasteiger partial charge >= 0.3 is 5.97 Å². The van der Waals surface area contributed by atoms with Gasteiger partial charge in [-0.1, -0.05) is 12.8 Å². The Morgan fingerprint density at radius 1 is 1.29 bits per heavy atom. The van der Waals surface area contributed by atoms with Crippen LogP contribution in [-0.4, -0.2) is 34.5 Å². The Morgan fingerprint density at radius 3 is 2.53 bits per heavy atom. The first kappa shape index (κ1) is 14.0. The number of likely N-dealkylation sites (tertiary alicyclic amines) is 1. The molecule has 0 spiro atoms. The second-order valence-corrected chi connectivity index (χ2v) is 5.65. The number of carboxylic acids is 1. The van der Waals surface area contributed by atoms with Gasteiger partial charge in [0, 0.05) is 19.0 Å². The third-order valence-electron chi connectivity index (χ3n) is 3.55. The molecule has 0 aliphatic carbocycles. The Kier molecular flexibility index (Phi) is 4.54. The van der Waals surface area contributed by atoms with Gasteiger partial charge in [0.2, 0.25) is 5.91 Å². The lowest BCUT2D eigenvalue weighted by atomic mass is 9.88. The molecule has 1 fully saturated rings. The molecule has 4 nitrogen and oxygen atoms in total. The Balaban J connectivity index is 2.65. The lowest BCUT2D eigenvalue weighted by molar-refractivity contribution is -0.152. The lowest BCUT2D eigenvalue weighted by Gasteiger charge is -2.30. The summed E-state index contributed by atoms with van der Waals surface area (Å²) >= 11 is 0. The largest absolute Gasteiger partial charge is 0.481 e. The summed E-state index contributed by atoms with van der Waals surface area (Å²) in [6.45, 7) is 6.04. The number of carbonyl (C=O) groups is 2. The minimum atomic E-state index is -0.969. The van der Waals surface area contributed by atoms with E-state index < -0.39 is 11.4 Å². The van der Waals surface area contributed by atoms with Crippen LogP contribution in [0.25, 0.3) is 0 Å². The molecule has 4 heteroatoms. The first-order chi connectivity index (χ1) is 7.84. The van der Waals surface area contributed by atoms with Crippen LogP contribution in [0.5, 0.6) is 0 Å². The average molecular weight is 241 g/mol. The molecule has 1 N–H and O–H groups in total. The van der Waals surface area contributed by atoms with E-state index in [-0.39, 0.29) is 18.4 Å². The van der Waals surface area contributed by atoms with E-state index >= 15 is 0 Å². The molecule has 0 aromatic carbocycles. The summed E-state index contributed by atoms with van der Waals surface area (Å²) in [7, 11) is 0. The molecular weight excluding hydrogens is 218 g/mol. The number of carbonyl (C=O) groups excluding carboxylic acids is 1. The van der Waals surface area contributed by atoms with Gasteiger partial charge in [-0.05, 0) is 33.6 Å². The number of carboxylic acid groups (broad SMARTS) is 1. The maximum absolute atomic E-state index is 12.1. The van der Waals surface area contributed by atoms with Gasteiger partial charge in [0.05, 0.1) is 5.41 Å². The second kappa shape index (κ2) is 5.52. The van der Waals surface area contributed by atoms with Gasteiger partial charge < -0.3 is 10.0 Å². The highest BCUT2D eigenvalue weighted by atomic mass is 16.4. The minimum Gasteiger partial charge on any atom is -0.481 e. The molecule has 0 aromatic rings. The monoisotopic (exact) mass is 241 g/mol. The van der Waals surface area contributed by atoms with Crippen molar-refractivity contribution in [3.05, 3.63) is 0 Å². The number of hydrogen-bond donors (Lipinski definition) is 1. The van der Waals surface area contributed by atoms with Crippen molar-refractivity contribution in [3.8, 4) is 0 Å². The van der Waals surface area contributed by atoms with Crippen LogP contribution in [0.3, 0.4) is 0 Å². The van der Waals surface area contributed by atoms with Crippen LogP contribution in [0, 0.1) is 5.41 Å². The van der Waals surface area contributed by atoms with Crippen molar-refractivity contribution in [3.63, 3.8) is 0 Å². The summed E-state index contributed by atoms with van der Waals surface area (Å²) in [4.78, 5) is 25.0. The van der Waals surface area contributed by atoms with Crippen molar-refractivity contribution < 1.29 is 14.7 Å². The molecule has 1 aliphatic rings. The molecule has 1 atom stereocenters. The lowest BCUT2D eigenvalue weighted by Crippen LogP contribution is -2.41. The minimum absolute atomic E-state index is 0.0215. The number of rotatable bonds is 3. The molecule has 0 aromatic heterocycles. The smallest absolute Gasteiger partial charge is 0.309 e. The maximum Gasteiger partial charge on any atom is 0.309 e.